The second-order valence-corrected chi connectivity index (χ2v) is 6.69. The fourth-order valence-electron chi connectivity index (χ4n) is 3.49. The highest BCUT2D eigenvalue weighted by atomic mass is 19.1. The molecule has 2 aliphatic heterocycles. The Bertz CT molecular complexity index is 757. The first-order valence-corrected chi connectivity index (χ1v) is 9.13. The molecule has 1 aromatic heterocycles. The number of ether oxygens (including phenoxy) is 1. The van der Waals surface area contributed by atoms with E-state index in [2.05, 4.69) is 19.7 Å². The molecule has 138 valence electrons. The SMILES string of the molecule is Cc1cc(N2CCN(c3ccccc3F)CC2)nc(N2CCOCC2)n1. The number of hydrogen-bond acceptors (Lipinski definition) is 6. The van der Waals surface area contributed by atoms with Crippen LogP contribution < -0.4 is 14.7 Å². The van der Waals surface area contributed by atoms with Gasteiger partial charge in [0.1, 0.15) is 11.6 Å². The van der Waals surface area contributed by atoms with E-state index in [0.29, 0.717) is 18.9 Å². The number of aryl methyl sites for hydroxylation is 1. The zero-order valence-corrected chi connectivity index (χ0v) is 15.1. The minimum atomic E-state index is -0.159. The number of para-hydroxylation sites is 1. The number of nitrogens with zero attached hydrogens (tertiary/aromatic N) is 5. The van der Waals surface area contributed by atoms with E-state index < -0.39 is 0 Å². The van der Waals surface area contributed by atoms with Crippen LogP contribution >= 0.6 is 0 Å². The lowest BCUT2D eigenvalue weighted by atomic mass is 10.2. The van der Waals surface area contributed by atoms with E-state index in [1.165, 1.54) is 6.07 Å². The zero-order valence-electron chi connectivity index (χ0n) is 15.1. The molecule has 6 nitrogen and oxygen atoms in total. The van der Waals surface area contributed by atoms with Gasteiger partial charge in [-0.2, -0.15) is 4.98 Å². The maximum Gasteiger partial charge on any atom is 0.227 e. The summed E-state index contributed by atoms with van der Waals surface area (Å²) in [6.45, 7) is 8.26. The van der Waals surface area contributed by atoms with Gasteiger partial charge in [-0.1, -0.05) is 12.1 Å². The van der Waals surface area contributed by atoms with Crippen molar-refractivity contribution >= 4 is 17.5 Å². The number of benzene rings is 1. The van der Waals surface area contributed by atoms with Crippen molar-refractivity contribution in [3.05, 3.63) is 41.8 Å². The molecule has 0 atom stereocenters. The van der Waals surface area contributed by atoms with Crippen LogP contribution in [-0.4, -0.2) is 62.5 Å². The second kappa shape index (κ2) is 7.45. The van der Waals surface area contributed by atoms with E-state index in [9.17, 15) is 4.39 Å². The molecule has 0 radical (unpaired) electrons. The molecule has 3 heterocycles. The largest absolute Gasteiger partial charge is 0.378 e. The molecule has 26 heavy (non-hydrogen) atoms. The van der Waals surface area contributed by atoms with E-state index in [0.717, 1.165) is 56.7 Å². The van der Waals surface area contributed by atoms with Gasteiger partial charge in [-0.25, -0.2) is 9.37 Å². The van der Waals surface area contributed by atoms with E-state index in [-0.39, 0.29) is 5.82 Å². The standard InChI is InChI=1S/C19H24FN5O/c1-15-14-18(22-19(21-15)25-10-12-26-13-11-25)24-8-6-23(7-9-24)17-5-3-2-4-16(17)20/h2-5,14H,6-13H2,1H3. The van der Waals surface area contributed by atoms with Gasteiger partial charge in [0.05, 0.1) is 18.9 Å². The molecule has 2 saturated heterocycles. The van der Waals surface area contributed by atoms with Crippen molar-refractivity contribution in [1.82, 2.24) is 9.97 Å². The van der Waals surface area contributed by atoms with Crippen molar-refractivity contribution < 1.29 is 9.13 Å². The second-order valence-electron chi connectivity index (χ2n) is 6.69. The van der Waals surface area contributed by atoms with E-state index in [4.69, 9.17) is 9.72 Å². The quantitative estimate of drug-likeness (QED) is 0.838. The summed E-state index contributed by atoms with van der Waals surface area (Å²) >= 11 is 0. The number of aromatic nitrogens is 2. The first-order chi connectivity index (χ1) is 12.7. The molecule has 4 rings (SSSR count). The zero-order chi connectivity index (χ0) is 17.9. The average Bonchev–Trinajstić information content (AvgIpc) is 2.69. The van der Waals surface area contributed by atoms with Crippen LogP contribution in [0.4, 0.5) is 21.8 Å². The van der Waals surface area contributed by atoms with Crippen molar-refractivity contribution in [2.75, 3.05) is 67.2 Å². The third kappa shape index (κ3) is 3.58. The van der Waals surface area contributed by atoms with Gasteiger partial charge in [-0.05, 0) is 19.1 Å². The Morgan fingerprint density at radius 1 is 0.885 bits per heavy atom. The molecule has 2 aromatic rings. The molecule has 0 bridgehead atoms. The van der Waals surface area contributed by atoms with Gasteiger partial charge in [0.2, 0.25) is 5.95 Å². The first kappa shape index (κ1) is 17.0. The predicted molar refractivity (Wildman–Crippen MR) is 101 cm³/mol. The Labute approximate surface area is 153 Å². The van der Waals surface area contributed by atoms with Crippen LogP contribution in [0.25, 0.3) is 0 Å². The molecule has 0 spiro atoms. The van der Waals surface area contributed by atoms with Crippen LogP contribution in [0.3, 0.4) is 0 Å². The van der Waals surface area contributed by atoms with Crippen LogP contribution in [-0.2, 0) is 4.74 Å². The van der Waals surface area contributed by atoms with Crippen LogP contribution in [0.15, 0.2) is 30.3 Å². The van der Waals surface area contributed by atoms with Crippen molar-refractivity contribution in [3.63, 3.8) is 0 Å². The number of anilines is 3. The van der Waals surface area contributed by atoms with Crippen LogP contribution in [0, 0.1) is 12.7 Å². The van der Waals surface area contributed by atoms with Gasteiger partial charge in [-0.15, -0.1) is 0 Å². The fourth-order valence-corrected chi connectivity index (χ4v) is 3.49. The lowest BCUT2D eigenvalue weighted by molar-refractivity contribution is 0.122. The molecule has 2 fully saturated rings. The molecule has 0 saturated carbocycles. The monoisotopic (exact) mass is 357 g/mol. The molecular weight excluding hydrogens is 333 g/mol. The van der Waals surface area contributed by atoms with Crippen LogP contribution in [0.2, 0.25) is 0 Å². The predicted octanol–water partition coefficient (Wildman–Crippen LogP) is 2.09. The van der Waals surface area contributed by atoms with Gasteiger partial charge in [-0.3, -0.25) is 0 Å². The van der Waals surface area contributed by atoms with Gasteiger partial charge in [0.25, 0.3) is 0 Å². The third-order valence-corrected chi connectivity index (χ3v) is 4.92. The lowest BCUT2D eigenvalue weighted by Gasteiger charge is -2.37. The van der Waals surface area contributed by atoms with Crippen molar-refractivity contribution in [3.8, 4) is 0 Å². The molecular formula is C19H24FN5O. The third-order valence-electron chi connectivity index (χ3n) is 4.92. The van der Waals surface area contributed by atoms with Crippen molar-refractivity contribution in [1.29, 1.82) is 0 Å². The molecule has 2 aliphatic rings. The number of rotatable bonds is 3. The Hall–Kier alpha value is -2.41. The highest BCUT2D eigenvalue weighted by Gasteiger charge is 2.22. The normalized spacial score (nSPS) is 18.3. The van der Waals surface area contributed by atoms with Gasteiger partial charge in [0, 0.05) is 51.0 Å². The van der Waals surface area contributed by atoms with Gasteiger partial charge in [0.15, 0.2) is 0 Å². The first-order valence-electron chi connectivity index (χ1n) is 9.13. The molecule has 0 amide bonds. The summed E-state index contributed by atoms with van der Waals surface area (Å²) in [4.78, 5) is 15.9. The maximum atomic E-state index is 14.0. The summed E-state index contributed by atoms with van der Waals surface area (Å²) in [6, 6.07) is 9.00. The fraction of sp³-hybridized carbons (Fsp3) is 0.474. The van der Waals surface area contributed by atoms with E-state index >= 15 is 0 Å². The minimum Gasteiger partial charge on any atom is -0.378 e. The molecule has 1 aromatic carbocycles. The van der Waals surface area contributed by atoms with E-state index in [1.54, 1.807) is 6.07 Å². The summed E-state index contributed by atoms with van der Waals surface area (Å²) in [6.07, 6.45) is 0. The topological polar surface area (TPSA) is 44.7 Å². The highest BCUT2D eigenvalue weighted by Crippen LogP contribution is 2.23. The summed E-state index contributed by atoms with van der Waals surface area (Å²) in [5.41, 5.74) is 1.65. The molecule has 0 unspecified atom stereocenters. The number of piperazine rings is 1. The number of hydrogen-bond donors (Lipinski definition) is 0. The number of halogens is 1. The average molecular weight is 357 g/mol. The molecule has 7 heteroatoms. The Morgan fingerprint density at radius 2 is 1.58 bits per heavy atom. The van der Waals surface area contributed by atoms with Crippen molar-refractivity contribution in [2.45, 2.75) is 6.92 Å². The Kier molecular flexibility index (Phi) is 4.88. The molecule has 0 aliphatic carbocycles. The Balaban J connectivity index is 1.47. The minimum absolute atomic E-state index is 0.159. The lowest BCUT2D eigenvalue weighted by Crippen LogP contribution is -2.47. The maximum absolute atomic E-state index is 14.0. The van der Waals surface area contributed by atoms with Crippen molar-refractivity contribution in [2.24, 2.45) is 0 Å². The molecule has 0 N–H and O–H groups in total. The summed E-state index contributed by atoms with van der Waals surface area (Å²) < 4.78 is 19.4. The summed E-state index contributed by atoms with van der Waals surface area (Å²) in [5, 5.41) is 0. The van der Waals surface area contributed by atoms with Crippen LogP contribution in [0.1, 0.15) is 5.69 Å². The Morgan fingerprint density at radius 3 is 2.31 bits per heavy atom. The highest BCUT2D eigenvalue weighted by molar-refractivity contribution is 5.51. The summed E-state index contributed by atoms with van der Waals surface area (Å²) in [5.74, 6) is 1.57. The van der Waals surface area contributed by atoms with Crippen LogP contribution in [0.5, 0.6) is 0 Å². The smallest absolute Gasteiger partial charge is 0.227 e. The van der Waals surface area contributed by atoms with E-state index in [1.807, 2.05) is 25.1 Å². The van der Waals surface area contributed by atoms with Gasteiger partial charge >= 0.3 is 0 Å². The summed E-state index contributed by atoms with van der Waals surface area (Å²) in [7, 11) is 0. The number of morpholine rings is 1. The van der Waals surface area contributed by atoms with Gasteiger partial charge < -0.3 is 19.4 Å².